The number of benzene rings is 3. The molecule has 1 aliphatic carbocycles. The van der Waals surface area contributed by atoms with Crippen molar-refractivity contribution in [2.75, 3.05) is 0 Å². The van der Waals surface area contributed by atoms with Gasteiger partial charge in [0.25, 0.3) is 10.0 Å². The van der Waals surface area contributed by atoms with E-state index in [0.717, 1.165) is 15.2 Å². The van der Waals surface area contributed by atoms with Crippen LogP contribution in [0.15, 0.2) is 75.1 Å². The van der Waals surface area contributed by atoms with Crippen molar-refractivity contribution in [3.05, 3.63) is 76.3 Å². The topological polar surface area (TPSA) is 75.6 Å². The predicted octanol–water partition coefficient (Wildman–Crippen LogP) is 3.48. The summed E-state index contributed by atoms with van der Waals surface area (Å²) in [7, 11) is -3.85. The van der Waals surface area contributed by atoms with Gasteiger partial charge in [-0.1, -0.05) is 52.3 Å². The zero-order valence-electron chi connectivity index (χ0n) is 12.7. The summed E-state index contributed by atoms with van der Waals surface area (Å²) in [6.45, 7) is 0. The summed E-state index contributed by atoms with van der Waals surface area (Å²) in [5.41, 5.74) is 1.28. The number of ketones is 1. The third-order valence-electron chi connectivity index (χ3n) is 4.02. The van der Waals surface area contributed by atoms with Crippen LogP contribution in [0.5, 0.6) is 0 Å². The van der Waals surface area contributed by atoms with E-state index in [-0.39, 0.29) is 16.4 Å². The predicted molar refractivity (Wildman–Crippen MR) is 99.3 cm³/mol. The van der Waals surface area contributed by atoms with Gasteiger partial charge in [0.15, 0.2) is 0 Å². The lowest BCUT2D eigenvalue weighted by Gasteiger charge is -2.05. The van der Waals surface area contributed by atoms with Gasteiger partial charge in [0, 0.05) is 21.0 Å². The van der Waals surface area contributed by atoms with Crippen LogP contribution in [-0.4, -0.2) is 19.9 Å². The monoisotopic (exact) mass is 414 g/mol. The Morgan fingerprint density at radius 3 is 2.20 bits per heavy atom. The van der Waals surface area contributed by atoms with Crippen molar-refractivity contribution < 1.29 is 13.2 Å². The van der Waals surface area contributed by atoms with Gasteiger partial charge >= 0.3 is 0 Å². The quantitative estimate of drug-likeness (QED) is 0.666. The van der Waals surface area contributed by atoms with Crippen LogP contribution in [0.2, 0.25) is 0 Å². The molecule has 124 valence electrons. The third-order valence-corrected chi connectivity index (χ3v) is 5.77. The molecule has 4 rings (SSSR count). The molecule has 3 aromatic carbocycles. The summed E-state index contributed by atoms with van der Waals surface area (Å²) in [5, 5.41) is 5.66. The Morgan fingerprint density at radius 1 is 0.880 bits per heavy atom. The lowest BCUT2D eigenvalue weighted by atomic mass is 10.1. The van der Waals surface area contributed by atoms with E-state index in [0.29, 0.717) is 11.1 Å². The number of halogens is 1. The highest BCUT2D eigenvalue weighted by molar-refractivity contribution is 9.10. The smallest absolute Gasteiger partial charge is 0.276 e. The average Bonchev–Trinajstić information content (AvgIpc) is 2.88. The second kappa shape index (κ2) is 5.79. The zero-order chi connectivity index (χ0) is 17.6. The van der Waals surface area contributed by atoms with Gasteiger partial charge in [0.05, 0.1) is 4.90 Å². The molecule has 0 atom stereocenters. The summed E-state index contributed by atoms with van der Waals surface area (Å²) in [6.07, 6.45) is 0. The van der Waals surface area contributed by atoms with E-state index in [1.165, 1.54) is 12.1 Å². The first kappa shape index (κ1) is 16.0. The number of nitrogens with one attached hydrogen (secondary N) is 1. The van der Waals surface area contributed by atoms with Gasteiger partial charge in [0.2, 0.25) is 5.78 Å². The maximum absolute atomic E-state index is 12.6. The first-order chi connectivity index (χ1) is 12.0. The van der Waals surface area contributed by atoms with Gasteiger partial charge in [-0.05, 0) is 29.7 Å². The summed E-state index contributed by atoms with van der Waals surface area (Å²) >= 11 is 3.26. The molecular formula is C18H11BrN2O3S. The van der Waals surface area contributed by atoms with Crippen LogP contribution in [0.4, 0.5) is 0 Å². The highest BCUT2D eigenvalue weighted by Gasteiger charge is 2.29. The molecule has 0 spiro atoms. The maximum atomic E-state index is 12.6. The van der Waals surface area contributed by atoms with Crippen LogP contribution in [0, 0.1) is 0 Å². The van der Waals surface area contributed by atoms with Crippen LogP contribution >= 0.6 is 15.9 Å². The average molecular weight is 415 g/mol. The van der Waals surface area contributed by atoms with Crippen LogP contribution in [0.1, 0.15) is 15.9 Å². The Kier molecular flexibility index (Phi) is 3.70. The Balaban J connectivity index is 1.75. The molecule has 0 fully saturated rings. The molecule has 0 aliphatic heterocycles. The van der Waals surface area contributed by atoms with Gasteiger partial charge < -0.3 is 0 Å². The van der Waals surface area contributed by atoms with Crippen molar-refractivity contribution in [3.63, 3.8) is 0 Å². The lowest BCUT2D eigenvalue weighted by molar-refractivity contribution is 0.107. The molecule has 0 heterocycles. The third kappa shape index (κ3) is 2.65. The highest BCUT2D eigenvalue weighted by atomic mass is 79.9. The van der Waals surface area contributed by atoms with E-state index in [1.807, 2.05) is 18.2 Å². The van der Waals surface area contributed by atoms with Gasteiger partial charge in [-0.2, -0.15) is 18.4 Å². The number of hydrazone groups is 1. The molecule has 5 nitrogen and oxygen atoms in total. The minimum atomic E-state index is -3.85. The van der Waals surface area contributed by atoms with E-state index in [1.54, 1.807) is 30.3 Å². The molecule has 0 aromatic heterocycles. The molecule has 0 saturated heterocycles. The van der Waals surface area contributed by atoms with E-state index in [9.17, 15) is 13.2 Å². The molecule has 1 N–H and O–H groups in total. The molecule has 0 unspecified atom stereocenters. The lowest BCUT2D eigenvalue weighted by Crippen LogP contribution is -2.22. The van der Waals surface area contributed by atoms with E-state index in [4.69, 9.17) is 0 Å². The first-order valence-electron chi connectivity index (χ1n) is 7.39. The Morgan fingerprint density at radius 2 is 1.52 bits per heavy atom. The second-order valence-electron chi connectivity index (χ2n) is 5.55. The van der Waals surface area contributed by atoms with Crippen molar-refractivity contribution in [2.45, 2.75) is 4.90 Å². The Hall–Kier alpha value is -2.51. The van der Waals surface area contributed by atoms with Gasteiger partial charge in [0.1, 0.15) is 5.71 Å². The number of hydrogen-bond acceptors (Lipinski definition) is 4. The molecule has 3 aromatic rings. The minimum absolute atomic E-state index is 0.0706. The summed E-state index contributed by atoms with van der Waals surface area (Å²) < 4.78 is 25.5. The van der Waals surface area contributed by atoms with Crippen LogP contribution in [0.3, 0.4) is 0 Å². The number of hydrogen-bond donors (Lipinski definition) is 1. The number of carbonyl (C=O) groups is 1. The van der Waals surface area contributed by atoms with Crippen molar-refractivity contribution in [1.29, 1.82) is 0 Å². The van der Waals surface area contributed by atoms with Gasteiger partial charge in [-0.15, -0.1) is 0 Å². The normalized spacial score (nSPS) is 15.1. The number of carbonyl (C=O) groups excluding carboxylic acids is 1. The fraction of sp³-hybridized carbons (Fsp3) is 0. The Labute approximate surface area is 152 Å². The molecule has 0 amide bonds. The van der Waals surface area contributed by atoms with E-state index in [2.05, 4.69) is 25.9 Å². The summed E-state index contributed by atoms with van der Waals surface area (Å²) in [4.78, 5) is 14.8. The summed E-state index contributed by atoms with van der Waals surface area (Å²) in [6, 6.07) is 17.1. The number of sulfonamides is 1. The fourth-order valence-electron chi connectivity index (χ4n) is 2.86. The fourth-order valence-corrected chi connectivity index (χ4v) is 3.94. The van der Waals surface area contributed by atoms with Gasteiger partial charge in [-0.3, -0.25) is 4.79 Å². The number of Topliss-reactive ketones (excluding diaryl/α,β-unsaturated/α-hetero) is 1. The first-order valence-corrected chi connectivity index (χ1v) is 9.67. The molecule has 0 radical (unpaired) electrons. The van der Waals surface area contributed by atoms with Gasteiger partial charge in [-0.25, -0.2) is 0 Å². The highest BCUT2D eigenvalue weighted by Crippen LogP contribution is 2.30. The van der Waals surface area contributed by atoms with E-state index >= 15 is 0 Å². The minimum Gasteiger partial charge on any atom is -0.287 e. The molecule has 0 bridgehead atoms. The van der Waals surface area contributed by atoms with Crippen molar-refractivity contribution in [2.24, 2.45) is 5.10 Å². The Bertz CT molecular complexity index is 1150. The maximum Gasteiger partial charge on any atom is 0.276 e. The van der Waals surface area contributed by atoms with E-state index < -0.39 is 10.0 Å². The largest absolute Gasteiger partial charge is 0.287 e. The number of nitrogens with zero attached hydrogens (tertiary/aromatic N) is 1. The van der Waals surface area contributed by atoms with Crippen molar-refractivity contribution in [3.8, 4) is 0 Å². The molecular weight excluding hydrogens is 404 g/mol. The van der Waals surface area contributed by atoms with Crippen molar-refractivity contribution in [1.82, 2.24) is 4.83 Å². The molecule has 0 saturated carbocycles. The van der Waals surface area contributed by atoms with Crippen LogP contribution in [0.25, 0.3) is 10.8 Å². The second-order valence-corrected chi connectivity index (χ2v) is 8.12. The van der Waals surface area contributed by atoms with Crippen molar-refractivity contribution >= 4 is 48.2 Å². The zero-order valence-corrected chi connectivity index (χ0v) is 15.1. The van der Waals surface area contributed by atoms with Crippen LogP contribution < -0.4 is 4.83 Å². The SMILES string of the molecule is O=C1C(=NNS(=O)(=O)c2ccc(Br)cc2)c2cccc3cccc1c23. The molecule has 7 heteroatoms. The number of rotatable bonds is 3. The molecule has 25 heavy (non-hydrogen) atoms. The summed E-state index contributed by atoms with van der Waals surface area (Å²) in [5.74, 6) is -0.287. The van der Waals surface area contributed by atoms with Crippen LogP contribution in [-0.2, 0) is 10.0 Å². The molecule has 1 aliphatic rings. The standard InChI is InChI=1S/C18H11BrN2O3S/c19-12-7-9-13(10-8-12)25(23,24)21-20-17-14-5-1-3-11-4-2-6-15(16(11)14)18(17)22/h1-10,21H.